The number of carbonyl (C=O) groups is 2. The van der Waals surface area contributed by atoms with Crippen LogP contribution in [0.25, 0.3) is 10.4 Å². The third kappa shape index (κ3) is 4.25. The summed E-state index contributed by atoms with van der Waals surface area (Å²) in [7, 11) is 0. The summed E-state index contributed by atoms with van der Waals surface area (Å²) in [6.45, 7) is 5.27. The van der Waals surface area contributed by atoms with E-state index in [1.165, 1.54) is 18.3 Å². The standard InChI is InChI=1S/C20H24N2O3S/c1-3-25-17-13-18(15-7-5-4-6-8-15)26-19(17)20(24)22-11-9-16(10-12-22)21-14(2)23/h4-8,13,16H,3,9-12H2,1-2H3,(H,21,23). The highest BCUT2D eigenvalue weighted by atomic mass is 32.1. The van der Waals surface area contributed by atoms with E-state index < -0.39 is 0 Å². The summed E-state index contributed by atoms with van der Waals surface area (Å²) in [4.78, 5) is 27.8. The Bertz CT molecular complexity index is 765. The number of piperidine rings is 1. The van der Waals surface area contributed by atoms with Gasteiger partial charge in [-0.3, -0.25) is 9.59 Å². The minimum atomic E-state index is -0.0147. The fourth-order valence-electron chi connectivity index (χ4n) is 3.19. The number of likely N-dealkylation sites (tertiary alicyclic amines) is 1. The molecule has 0 bridgehead atoms. The SMILES string of the molecule is CCOc1cc(-c2ccccc2)sc1C(=O)N1CCC(NC(C)=O)CC1. The molecule has 3 rings (SSSR count). The Labute approximate surface area is 158 Å². The maximum atomic E-state index is 13.0. The lowest BCUT2D eigenvalue weighted by atomic mass is 10.0. The summed E-state index contributed by atoms with van der Waals surface area (Å²) in [5, 5.41) is 2.94. The molecule has 6 heteroatoms. The maximum absolute atomic E-state index is 13.0. The number of benzene rings is 1. The molecule has 1 aliphatic rings. The average Bonchev–Trinajstić information content (AvgIpc) is 3.06. The van der Waals surface area contributed by atoms with Gasteiger partial charge in [0.25, 0.3) is 5.91 Å². The van der Waals surface area contributed by atoms with Crippen LogP contribution < -0.4 is 10.1 Å². The van der Waals surface area contributed by atoms with Gasteiger partial charge in [-0.1, -0.05) is 30.3 Å². The molecule has 2 heterocycles. The van der Waals surface area contributed by atoms with Crippen LogP contribution in [0.1, 0.15) is 36.4 Å². The Kier molecular flexibility index (Phi) is 5.93. The number of rotatable bonds is 5. The predicted molar refractivity (Wildman–Crippen MR) is 104 cm³/mol. The third-order valence-corrected chi connectivity index (χ3v) is 5.59. The molecule has 0 spiro atoms. The van der Waals surface area contributed by atoms with E-state index in [0.717, 1.165) is 23.3 Å². The van der Waals surface area contributed by atoms with Crippen molar-refractivity contribution in [2.45, 2.75) is 32.7 Å². The average molecular weight is 372 g/mol. The molecule has 138 valence electrons. The van der Waals surface area contributed by atoms with Crippen LogP contribution in [0, 0.1) is 0 Å². The topological polar surface area (TPSA) is 58.6 Å². The monoisotopic (exact) mass is 372 g/mol. The van der Waals surface area contributed by atoms with Crippen molar-refractivity contribution in [2.24, 2.45) is 0 Å². The van der Waals surface area contributed by atoms with Crippen LogP contribution in [0.15, 0.2) is 36.4 Å². The third-order valence-electron chi connectivity index (χ3n) is 4.44. The Morgan fingerprint density at radius 3 is 2.54 bits per heavy atom. The van der Waals surface area contributed by atoms with Crippen molar-refractivity contribution < 1.29 is 14.3 Å². The molecule has 2 aromatic rings. The minimum absolute atomic E-state index is 0.0147. The van der Waals surface area contributed by atoms with E-state index in [9.17, 15) is 9.59 Å². The number of nitrogens with zero attached hydrogens (tertiary/aromatic N) is 1. The molecular formula is C20H24N2O3S. The van der Waals surface area contributed by atoms with Crippen molar-refractivity contribution in [3.05, 3.63) is 41.3 Å². The zero-order chi connectivity index (χ0) is 18.5. The van der Waals surface area contributed by atoms with Crippen molar-refractivity contribution in [2.75, 3.05) is 19.7 Å². The largest absolute Gasteiger partial charge is 0.492 e. The smallest absolute Gasteiger partial charge is 0.267 e. The summed E-state index contributed by atoms with van der Waals surface area (Å²) < 4.78 is 5.73. The zero-order valence-electron chi connectivity index (χ0n) is 15.2. The molecule has 0 unspecified atom stereocenters. The van der Waals surface area contributed by atoms with Crippen LogP contribution in [0.4, 0.5) is 0 Å². The van der Waals surface area contributed by atoms with E-state index in [1.54, 1.807) is 0 Å². The molecule has 1 fully saturated rings. The predicted octanol–water partition coefficient (Wildman–Crippen LogP) is 3.55. The van der Waals surface area contributed by atoms with Crippen LogP contribution in [0.5, 0.6) is 5.75 Å². The van der Waals surface area contributed by atoms with Gasteiger partial charge in [-0.2, -0.15) is 0 Å². The maximum Gasteiger partial charge on any atom is 0.267 e. The fraction of sp³-hybridized carbons (Fsp3) is 0.400. The van der Waals surface area contributed by atoms with Gasteiger partial charge in [0.1, 0.15) is 10.6 Å². The second kappa shape index (κ2) is 8.36. The molecule has 0 aliphatic carbocycles. The summed E-state index contributed by atoms with van der Waals surface area (Å²) in [5.74, 6) is 0.659. The first-order chi connectivity index (χ1) is 12.6. The molecule has 0 saturated carbocycles. The van der Waals surface area contributed by atoms with Crippen molar-refractivity contribution in [1.82, 2.24) is 10.2 Å². The number of thiophene rings is 1. The Morgan fingerprint density at radius 1 is 1.23 bits per heavy atom. The van der Waals surface area contributed by atoms with E-state index in [2.05, 4.69) is 5.32 Å². The Morgan fingerprint density at radius 2 is 1.92 bits per heavy atom. The second-order valence-corrected chi connectivity index (χ2v) is 7.42. The minimum Gasteiger partial charge on any atom is -0.492 e. The van der Waals surface area contributed by atoms with E-state index >= 15 is 0 Å². The molecule has 26 heavy (non-hydrogen) atoms. The summed E-state index contributed by atoms with van der Waals surface area (Å²) in [5.41, 5.74) is 1.09. The van der Waals surface area contributed by atoms with Gasteiger partial charge in [0, 0.05) is 30.9 Å². The van der Waals surface area contributed by atoms with Gasteiger partial charge in [-0.25, -0.2) is 0 Å². The molecule has 0 atom stereocenters. The number of carbonyl (C=O) groups excluding carboxylic acids is 2. The quantitative estimate of drug-likeness (QED) is 0.873. The molecule has 1 aliphatic heterocycles. The number of ether oxygens (including phenoxy) is 1. The van der Waals surface area contributed by atoms with E-state index in [0.29, 0.717) is 30.3 Å². The Hall–Kier alpha value is -2.34. The highest BCUT2D eigenvalue weighted by Gasteiger charge is 2.27. The first-order valence-electron chi connectivity index (χ1n) is 8.97. The first-order valence-corrected chi connectivity index (χ1v) is 9.78. The van der Waals surface area contributed by atoms with Gasteiger partial charge in [0.2, 0.25) is 5.91 Å². The van der Waals surface area contributed by atoms with Crippen LogP contribution in [-0.2, 0) is 4.79 Å². The lowest BCUT2D eigenvalue weighted by Gasteiger charge is -2.32. The Balaban J connectivity index is 1.76. The van der Waals surface area contributed by atoms with Crippen LogP contribution >= 0.6 is 11.3 Å². The van der Waals surface area contributed by atoms with E-state index in [4.69, 9.17) is 4.74 Å². The number of amides is 2. The fourth-order valence-corrected chi connectivity index (χ4v) is 4.26. The summed E-state index contributed by atoms with van der Waals surface area (Å²) in [6.07, 6.45) is 1.57. The molecular weight excluding hydrogens is 348 g/mol. The summed E-state index contributed by atoms with van der Waals surface area (Å²) in [6, 6.07) is 12.1. The van der Waals surface area contributed by atoms with Crippen molar-refractivity contribution >= 4 is 23.2 Å². The first kappa shape index (κ1) is 18.5. The molecule has 1 aromatic carbocycles. The molecule has 1 N–H and O–H groups in total. The second-order valence-electron chi connectivity index (χ2n) is 6.37. The van der Waals surface area contributed by atoms with Crippen LogP contribution in [-0.4, -0.2) is 42.5 Å². The molecule has 1 aromatic heterocycles. The zero-order valence-corrected chi connectivity index (χ0v) is 16.0. The highest BCUT2D eigenvalue weighted by Crippen LogP contribution is 2.37. The van der Waals surface area contributed by atoms with Crippen LogP contribution in [0.2, 0.25) is 0 Å². The normalized spacial score (nSPS) is 14.9. The van der Waals surface area contributed by atoms with Crippen molar-refractivity contribution in [1.29, 1.82) is 0 Å². The molecule has 1 saturated heterocycles. The lowest BCUT2D eigenvalue weighted by molar-refractivity contribution is -0.119. The van der Waals surface area contributed by atoms with Gasteiger partial charge in [-0.05, 0) is 31.4 Å². The van der Waals surface area contributed by atoms with Gasteiger partial charge < -0.3 is 15.0 Å². The van der Waals surface area contributed by atoms with E-state index in [1.807, 2.05) is 48.2 Å². The van der Waals surface area contributed by atoms with Crippen LogP contribution in [0.3, 0.4) is 0 Å². The van der Waals surface area contributed by atoms with Crippen molar-refractivity contribution in [3.8, 4) is 16.2 Å². The molecule has 2 amide bonds. The van der Waals surface area contributed by atoms with E-state index in [-0.39, 0.29) is 17.9 Å². The number of hydrogen-bond donors (Lipinski definition) is 1. The number of nitrogens with one attached hydrogen (secondary N) is 1. The van der Waals surface area contributed by atoms with Gasteiger partial charge in [0.05, 0.1) is 6.61 Å². The lowest BCUT2D eigenvalue weighted by Crippen LogP contribution is -2.46. The molecule has 0 radical (unpaired) electrons. The highest BCUT2D eigenvalue weighted by molar-refractivity contribution is 7.17. The van der Waals surface area contributed by atoms with Gasteiger partial charge in [0.15, 0.2) is 0 Å². The molecule has 5 nitrogen and oxygen atoms in total. The van der Waals surface area contributed by atoms with Gasteiger partial charge in [-0.15, -0.1) is 11.3 Å². The van der Waals surface area contributed by atoms with Gasteiger partial charge >= 0.3 is 0 Å². The number of hydrogen-bond acceptors (Lipinski definition) is 4. The van der Waals surface area contributed by atoms with Crippen molar-refractivity contribution in [3.63, 3.8) is 0 Å². The summed E-state index contributed by atoms with van der Waals surface area (Å²) >= 11 is 1.48.